The van der Waals surface area contributed by atoms with E-state index in [1.165, 1.54) is 93.5 Å². The second-order valence-electron chi connectivity index (χ2n) is 17.5. The highest BCUT2D eigenvalue weighted by molar-refractivity contribution is 9.11. The quantitative estimate of drug-likeness (QED) is 0.0632. The van der Waals surface area contributed by atoms with Crippen molar-refractivity contribution in [2.45, 2.75) is 62.6 Å². The molecule has 6 rings (SSSR count). The van der Waals surface area contributed by atoms with E-state index in [9.17, 15) is 103 Å². The van der Waals surface area contributed by atoms with E-state index in [2.05, 4.69) is 51.3 Å². The van der Waals surface area contributed by atoms with E-state index >= 15 is 0 Å². The van der Waals surface area contributed by atoms with Gasteiger partial charge < -0.3 is 28.7 Å². The average Bonchev–Trinajstić information content (AvgIpc) is 0.788. The number of anilines is 3. The maximum atomic E-state index is 14.8. The van der Waals surface area contributed by atoms with Crippen molar-refractivity contribution in [3.05, 3.63) is 158 Å². The van der Waals surface area contributed by atoms with E-state index in [1.807, 2.05) is 0 Å². The number of rotatable bonds is 17. The molecule has 2 heterocycles. The molecule has 2 aromatic heterocycles. The maximum absolute atomic E-state index is 14.8. The number of hydrogen-bond acceptors (Lipinski definition) is 11. The van der Waals surface area contributed by atoms with Crippen LogP contribution in [0.1, 0.15) is 65.0 Å². The number of benzene rings is 4. The van der Waals surface area contributed by atoms with E-state index in [0.717, 1.165) is 30.1 Å². The van der Waals surface area contributed by atoms with E-state index in [-0.39, 0.29) is 68.7 Å². The third-order valence-electron chi connectivity index (χ3n) is 12.2. The van der Waals surface area contributed by atoms with Crippen molar-refractivity contribution in [1.29, 1.82) is 0 Å². The summed E-state index contributed by atoms with van der Waals surface area (Å²) in [7, 11) is 4.89. The van der Waals surface area contributed by atoms with Crippen LogP contribution in [0.2, 0.25) is 0 Å². The van der Waals surface area contributed by atoms with Crippen LogP contribution in [0, 0.1) is 0 Å². The summed E-state index contributed by atoms with van der Waals surface area (Å²) in [6, 6.07) is 12.7. The van der Waals surface area contributed by atoms with Gasteiger partial charge in [-0.05, 0) is 88.7 Å². The Morgan fingerprint density at radius 2 is 0.885 bits per heavy atom. The molecule has 0 saturated carbocycles. The summed E-state index contributed by atoms with van der Waals surface area (Å²) in [5.41, 5.74) is -18.4. The van der Waals surface area contributed by atoms with E-state index in [0.29, 0.717) is 6.92 Å². The normalized spacial score (nSPS) is 12.2. The lowest BCUT2D eigenvalue weighted by atomic mass is 9.91. The zero-order valence-electron chi connectivity index (χ0n) is 44.2. The number of ether oxygens (including phenoxy) is 4. The number of amides is 4. The van der Waals surface area contributed by atoms with Crippen LogP contribution >= 0.6 is 31.9 Å². The molecule has 4 amide bonds. The van der Waals surface area contributed by atoms with Gasteiger partial charge >= 0.3 is 49.3 Å². The number of para-hydroxylation sites is 2. The van der Waals surface area contributed by atoms with Gasteiger partial charge in [0.05, 0.1) is 36.7 Å². The fourth-order valence-electron chi connectivity index (χ4n) is 8.10. The van der Waals surface area contributed by atoms with Crippen LogP contribution in [0.25, 0.3) is 0 Å². The van der Waals surface area contributed by atoms with Gasteiger partial charge in [-0.15, -0.1) is 0 Å². The SMILES string of the molecule is COc1c(C(=O)Cc2c(Br)cc(C(F)(C(F)(F)F)C(F)(F)F)cc2OC(F)F)cccc1N(C)C(=O)c1ccncc1.COc1c(C(=O)N(C(C)=O)c2c(Br)cc(C(F)(C(F)(F)F)C(F)(F)F)cc2OC(F)F)cccc1N(C)C(=O)c1ccncc1. The monoisotopic (exact) mass is 1390 g/mol. The average molecular weight is 1390 g/mol. The fourth-order valence-corrected chi connectivity index (χ4v) is 9.30. The molecule has 0 spiro atoms. The molecular formula is C53H37Br2F18N5O9. The van der Waals surface area contributed by atoms with Crippen molar-refractivity contribution in [3.63, 3.8) is 0 Å². The number of methoxy groups -OCH3 is 2. The minimum Gasteiger partial charge on any atom is -0.494 e. The molecule has 0 aliphatic heterocycles. The summed E-state index contributed by atoms with van der Waals surface area (Å²) in [5.74, 6) is -8.17. The number of carbonyl (C=O) groups is 5. The van der Waals surface area contributed by atoms with E-state index in [4.69, 9.17) is 9.47 Å². The number of nitrogens with zero attached hydrogens (tertiary/aromatic N) is 5. The molecule has 14 nitrogen and oxygen atoms in total. The van der Waals surface area contributed by atoms with Gasteiger partial charge in [0.15, 0.2) is 23.0 Å². The second kappa shape index (κ2) is 26.8. The molecule has 0 N–H and O–H groups in total. The molecule has 4 aromatic carbocycles. The predicted octanol–water partition coefficient (Wildman–Crippen LogP) is 14.7. The molecule has 0 aliphatic rings. The minimum absolute atomic E-state index is 0.0512. The topological polar surface area (TPSA) is 158 Å². The van der Waals surface area contributed by atoms with Gasteiger partial charge in [0.2, 0.25) is 5.91 Å². The molecule has 0 bridgehead atoms. The van der Waals surface area contributed by atoms with Gasteiger partial charge in [0.1, 0.15) is 11.4 Å². The largest absolute Gasteiger partial charge is 0.494 e. The van der Waals surface area contributed by atoms with Gasteiger partial charge in [-0.25, -0.2) is 13.7 Å². The number of carbonyl (C=O) groups excluding carboxylic acids is 5. The van der Waals surface area contributed by atoms with Crippen molar-refractivity contribution in [3.8, 4) is 23.0 Å². The molecule has 6 aromatic rings. The highest BCUT2D eigenvalue weighted by Gasteiger charge is 2.75. The zero-order valence-corrected chi connectivity index (χ0v) is 47.4. The molecule has 0 aliphatic carbocycles. The standard InChI is InChI=1S/C27H19BrF9N3O5.C26H18BrF9N2O4/c1-13(41)40(20-17(28)11-15(12-19(20)45-24(29)30)25(31,26(32,33)34)27(35,36)37)23(43)16-5-4-6-18(21(16)44-3)39(2)22(42)14-7-9-38-10-8-14;1-38(22(40)13-6-8-37-9-7-13)18-5-3-4-15(21(18)41-2)19(39)12-16-17(27)10-14(11-20(16)42-23(28)29)24(30,25(31,32)33)26(34,35)36/h4-12,24H,1-3H3;3-11,23H,12H2,1-2H3. The highest BCUT2D eigenvalue weighted by atomic mass is 79.9. The van der Waals surface area contributed by atoms with Gasteiger partial charge in [-0.2, -0.15) is 70.2 Å². The molecule has 34 heteroatoms. The van der Waals surface area contributed by atoms with Gasteiger partial charge in [-0.3, -0.25) is 33.9 Å². The number of aromatic nitrogens is 2. The van der Waals surface area contributed by atoms with Crippen LogP contribution < -0.4 is 33.6 Å². The van der Waals surface area contributed by atoms with Crippen LogP contribution in [-0.4, -0.2) is 106 Å². The molecule has 0 saturated heterocycles. The summed E-state index contributed by atoms with van der Waals surface area (Å²) in [4.78, 5) is 75.6. The van der Waals surface area contributed by atoms with Crippen LogP contribution in [0.3, 0.4) is 0 Å². The Morgan fingerprint density at radius 1 is 0.517 bits per heavy atom. The zero-order chi connectivity index (χ0) is 65.7. The van der Waals surface area contributed by atoms with Crippen LogP contribution in [0.5, 0.6) is 23.0 Å². The summed E-state index contributed by atoms with van der Waals surface area (Å²) in [6.07, 6.45) is -21.8. The smallest absolute Gasteiger partial charge is 0.435 e. The van der Waals surface area contributed by atoms with Crippen molar-refractivity contribution < 1.29 is 122 Å². The molecule has 0 atom stereocenters. The van der Waals surface area contributed by atoms with Crippen molar-refractivity contribution in [2.24, 2.45) is 0 Å². The van der Waals surface area contributed by atoms with Crippen LogP contribution in [0.15, 0.2) is 119 Å². The summed E-state index contributed by atoms with van der Waals surface area (Å²) < 4.78 is 260. The van der Waals surface area contributed by atoms with Gasteiger partial charge in [0.25, 0.3) is 17.7 Å². The Bertz CT molecular complexity index is 3490. The summed E-state index contributed by atoms with van der Waals surface area (Å²) in [6.45, 7) is -6.98. The van der Waals surface area contributed by atoms with Crippen molar-refractivity contribution in [1.82, 2.24) is 9.97 Å². The number of pyridine rings is 2. The number of halogens is 20. The van der Waals surface area contributed by atoms with Crippen LogP contribution in [-0.2, 0) is 22.6 Å². The second-order valence-corrected chi connectivity index (χ2v) is 19.2. The number of hydrogen-bond donors (Lipinski definition) is 0. The first-order valence-electron chi connectivity index (χ1n) is 23.5. The molecule has 0 fully saturated rings. The fraction of sp³-hybridized carbons (Fsp3) is 0.264. The lowest BCUT2D eigenvalue weighted by molar-refractivity contribution is -0.349. The van der Waals surface area contributed by atoms with Crippen molar-refractivity contribution >= 4 is 78.3 Å². The summed E-state index contributed by atoms with van der Waals surface area (Å²) >= 11 is 5.25. The third kappa shape index (κ3) is 14.5. The van der Waals surface area contributed by atoms with E-state index < -0.39 is 133 Å². The maximum Gasteiger partial charge on any atom is 0.435 e. The number of imide groups is 1. The number of ketones is 1. The Kier molecular flexibility index (Phi) is 21.5. The Hall–Kier alpha value is -8.17. The Morgan fingerprint density at radius 3 is 1.26 bits per heavy atom. The molecule has 0 unspecified atom stereocenters. The van der Waals surface area contributed by atoms with E-state index in [1.54, 1.807) is 0 Å². The lowest BCUT2D eigenvalue weighted by Crippen LogP contribution is -2.50. The highest BCUT2D eigenvalue weighted by Crippen LogP contribution is 2.57. The first kappa shape index (κ1) is 69.6. The molecular weight excluding hydrogens is 1350 g/mol. The molecule has 0 radical (unpaired) electrons. The Labute approximate surface area is 494 Å². The number of alkyl halides is 18. The first-order chi connectivity index (χ1) is 40.2. The van der Waals surface area contributed by atoms with Gasteiger partial charge in [0, 0.05) is 89.0 Å². The molecule has 87 heavy (non-hydrogen) atoms. The molecule has 468 valence electrons. The Balaban J connectivity index is 0.000000318. The van der Waals surface area contributed by atoms with Gasteiger partial charge in [-0.1, -0.05) is 28.1 Å². The minimum atomic E-state index is -6.63. The van der Waals surface area contributed by atoms with Crippen LogP contribution in [0.4, 0.5) is 96.1 Å². The lowest BCUT2D eigenvalue weighted by Gasteiger charge is -2.32. The first-order valence-corrected chi connectivity index (χ1v) is 25.1. The number of Topliss-reactive ketones (excluding diaryl/α,β-unsaturated/α-hetero) is 1. The van der Waals surface area contributed by atoms with Crippen molar-refractivity contribution in [2.75, 3.05) is 43.0 Å². The predicted molar refractivity (Wildman–Crippen MR) is 277 cm³/mol. The third-order valence-corrected chi connectivity index (χ3v) is 13.5. The summed E-state index contributed by atoms with van der Waals surface area (Å²) in [5, 5.41) is 0.